The Hall–Kier alpha value is -1.89. The van der Waals surface area contributed by atoms with Gasteiger partial charge in [-0.05, 0) is 64.2 Å². The van der Waals surface area contributed by atoms with Crippen LogP contribution in [0.2, 0.25) is 0 Å². The minimum Gasteiger partial charge on any atom is -0.298 e. The van der Waals surface area contributed by atoms with Crippen molar-refractivity contribution in [3.63, 3.8) is 0 Å². The van der Waals surface area contributed by atoms with Crippen molar-refractivity contribution in [1.29, 1.82) is 0 Å². The van der Waals surface area contributed by atoms with E-state index in [4.69, 9.17) is 0 Å². The maximum absolute atomic E-state index is 11.3. The normalized spacial score (nSPS) is 12.7. The molecule has 1 nitrogen and oxygen atoms in total. The molecule has 0 atom stereocenters. The first kappa shape index (κ1) is 17.2. The lowest BCUT2D eigenvalue weighted by Crippen LogP contribution is -1.91. The molecular weight excluding hydrogens is 256 g/mol. The van der Waals surface area contributed by atoms with Gasteiger partial charge in [0.1, 0.15) is 6.29 Å². The molecule has 0 spiro atoms. The highest BCUT2D eigenvalue weighted by molar-refractivity contribution is 5.82. The van der Waals surface area contributed by atoms with Gasteiger partial charge in [-0.3, -0.25) is 4.79 Å². The minimum absolute atomic E-state index is 0.735. The fourth-order valence-corrected chi connectivity index (χ4v) is 2.14. The predicted molar refractivity (Wildman–Crippen MR) is 92.1 cm³/mol. The van der Waals surface area contributed by atoms with E-state index in [9.17, 15) is 4.79 Å². The van der Waals surface area contributed by atoms with Gasteiger partial charge in [-0.15, -0.1) is 0 Å². The van der Waals surface area contributed by atoms with Crippen molar-refractivity contribution in [3.05, 3.63) is 64.3 Å². The Morgan fingerprint density at radius 3 is 2.24 bits per heavy atom. The van der Waals surface area contributed by atoms with E-state index in [-0.39, 0.29) is 0 Å². The van der Waals surface area contributed by atoms with Gasteiger partial charge in [0.05, 0.1) is 0 Å². The van der Waals surface area contributed by atoms with E-state index in [0.717, 1.165) is 36.7 Å². The second-order valence-electron chi connectivity index (χ2n) is 5.81. The molecule has 1 aromatic rings. The van der Waals surface area contributed by atoms with E-state index in [1.54, 1.807) is 0 Å². The van der Waals surface area contributed by atoms with Gasteiger partial charge < -0.3 is 0 Å². The van der Waals surface area contributed by atoms with Crippen molar-refractivity contribution in [2.24, 2.45) is 0 Å². The highest BCUT2D eigenvalue weighted by Gasteiger charge is 2.02. The molecule has 112 valence electrons. The van der Waals surface area contributed by atoms with Gasteiger partial charge in [-0.25, -0.2) is 0 Å². The SMILES string of the molecule is CC(C)=CCC/C(C)=C(\C)CC(C=O)=Cc1ccccc1. The number of hydrogen-bond acceptors (Lipinski definition) is 1. The van der Waals surface area contributed by atoms with Crippen molar-refractivity contribution >= 4 is 12.4 Å². The van der Waals surface area contributed by atoms with Crippen LogP contribution in [0.4, 0.5) is 0 Å². The molecule has 0 radical (unpaired) electrons. The van der Waals surface area contributed by atoms with Gasteiger partial charge in [0.2, 0.25) is 0 Å². The van der Waals surface area contributed by atoms with Gasteiger partial charge in [-0.1, -0.05) is 53.1 Å². The summed E-state index contributed by atoms with van der Waals surface area (Å²) in [6, 6.07) is 9.99. The van der Waals surface area contributed by atoms with Crippen LogP contribution in [0.15, 0.2) is 58.7 Å². The second kappa shape index (κ2) is 9.12. The summed E-state index contributed by atoms with van der Waals surface area (Å²) in [5, 5.41) is 0. The number of hydrogen-bond donors (Lipinski definition) is 0. The van der Waals surface area contributed by atoms with Crippen molar-refractivity contribution in [2.45, 2.75) is 47.0 Å². The quantitative estimate of drug-likeness (QED) is 0.354. The first-order chi connectivity index (χ1) is 10.0. The molecule has 0 amide bonds. The molecule has 1 rings (SSSR count). The molecule has 1 heteroatoms. The number of aldehydes is 1. The van der Waals surface area contributed by atoms with Gasteiger partial charge in [0, 0.05) is 0 Å². The van der Waals surface area contributed by atoms with Crippen LogP contribution in [0.1, 0.15) is 52.5 Å². The van der Waals surface area contributed by atoms with Gasteiger partial charge >= 0.3 is 0 Å². The van der Waals surface area contributed by atoms with Crippen LogP contribution in [0.25, 0.3) is 6.08 Å². The van der Waals surface area contributed by atoms with Crippen LogP contribution in [0, 0.1) is 0 Å². The summed E-state index contributed by atoms with van der Waals surface area (Å²) < 4.78 is 0. The first-order valence-corrected chi connectivity index (χ1v) is 7.52. The summed E-state index contributed by atoms with van der Waals surface area (Å²) in [6.07, 6.45) is 8.08. The van der Waals surface area contributed by atoms with Crippen LogP contribution >= 0.6 is 0 Å². The van der Waals surface area contributed by atoms with Gasteiger partial charge in [0.15, 0.2) is 0 Å². The summed E-state index contributed by atoms with van der Waals surface area (Å²) in [7, 11) is 0. The zero-order valence-electron chi connectivity index (χ0n) is 13.6. The standard InChI is InChI=1S/C20H26O/c1-16(2)9-8-10-17(3)18(4)13-20(15-21)14-19-11-6-5-7-12-19/h5-7,9,11-12,14-15H,8,10,13H2,1-4H3/b18-17+,20-14?. The summed E-state index contributed by atoms with van der Waals surface area (Å²) in [5.74, 6) is 0. The maximum atomic E-state index is 11.3. The molecule has 0 aromatic heterocycles. The third-order valence-electron chi connectivity index (χ3n) is 3.57. The Morgan fingerprint density at radius 2 is 1.67 bits per heavy atom. The van der Waals surface area contributed by atoms with Gasteiger partial charge in [0.25, 0.3) is 0 Å². The average Bonchev–Trinajstić information content (AvgIpc) is 2.47. The Balaban J connectivity index is 2.74. The molecule has 0 aliphatic heterocycles. The van der Waals surface area contributed by atoms with E-state index in [0.29, 0.717) is 0 Å². The van der Waals surface area contributed by atoms with Crippen LogP contribution in [-0.4, -0.2) is 6.29 Å². The summed E-state index contributed by atoms with van der Waals surface area (Å²) in [5.41, 5.74) is 5.95. The van der Waals surface area contributed by atoms with E-state index in [1.165, 1.54) is 16.7 Å². The van der Waals surface area contributed by atoms with Crippen molar-refractivity contribution < 1.29 is 4.79 Å². The molecule has 0 saturated heterocycles. The molecule has 0 fully saturated rings. The molecule has 0 aliphatic carbocycles. The fourth-order valence-electron chi connectivity index (χ4n) is 2.14. The Morgan fingerprint density at radius 1 is 1.00 bits per heavy atom. The van der Waals surface area contributed by atoms with Gasteiger partial charge in [-0.2, -0.15) is 0 Å². The summed E-state index contributed by atoms with van der Waals surface area (Å²) in [4.78, 5) is 11.3. The van der Waals surface area contributed by atoms with Crippen LogP contribution in [0.5, 0.6) is 0 Å². The van der Waals surface area contributed by atoms with Crippen LogP contribution in [0.3, 0.4) is 0 Å². The highest BCUT2D eigenvalue weighted by Crippen LogP contribution is 2.19. The average molecular weight is 282 g/mol. The molecule has 21 heavy (non-hydrogen) atoms. The monoisotopic (exact) mass is 282 g/mol. The van der Waals surface area contributed by atoms with E-state index in [2.05, 4.69) is 33.8 Å². The lowest BCUT2D eigenvalue weighted by Gasteiger charge is -2.07. The number of carbonyl (C=O) groups is 1. The lowest BCUT2D eigenvalue weighted by atomic mass is 9.98. The molecule has 1 aromatic carbocycles. The minimum atomic E-state index is 0.735. The second-order valence-corrected chi connectivity index (χ2v) is 5.81. The molecule has 0 aliphatic rings. The molecule has 0 heterocycles. The van der Waals surface area contributed by atoms with E-state index in [1.807, 2.05) is 36.4 Å². The molecule has 0 saturated carbocycles. The van der Waals surface area contributed by atoms with E-state index < -0.39 is 0 Å². The van der Waals surface area contributed by atoms with Crippen molar-refractivity contribution in [1.82, 2.24) is 0 Å². The molecule has 0 N–H and O–H groups in total. The van der Waals surface area contributed by atoms with Crippen LogP contribution in [-0.2, 0) is 4.79 Å². The number of allylic oxidation sites excluding steroid dienone is 5. The lowest BCUT2D eigenvalue weighted by molar-refractivity contribution is -0.104. The van der Waals surface area contributed by atoms with Crippen LogP contribution < -0.4 is 0 Å². The number of carbonyl (C=O) groups excluding carboxylic acids is 1. The Labute approximate surface area is 129 Å². The predicted octanol–water partition coefficient (Wildman–Crippen LogP) is 5.74. The molecule has 0 unspecified atom stereocenters. The number of rotatable bonds is 7. The zero-order valence-corrected chi connectivity index (χ0v) is 13.6. The van der Waals surface area contributed by atoms with Crippen molar-refractivity contribution in [3.8, 4) is 0 Å². The molecular formula is C20H26O. The first-order valence-electron chi connectivity index (χ1n) is 7.52. The summed E-state index contributed by atoms with van der Waals surface area (Å²) in [6.45, 7) is 8.54. The Kier molecular flexibility index (Phi) is 7.45. The highest BCUT2D eigenvalue weighted by atomic mass is 16.1. The fraction of sp³-hybridized carbons (Fsp3) is 0.350. The Bertz CT molecular complexity index is 540. The zero-order chi connectivity index (χ0) is 15.7. The summed E-state index contributed by atoms with van der Waals surface area (Å²) >= 11 is 0. The van der Waals surface area contributed by atoms with Crippen molar-refractivity contribution in [2.75, 3.05) is 0 Å². The third kappa shape index (κ3) is 6.89. The van der Waals surface area contributed by atoms with E-state index >= 15 is 0 Å². The topological polar surface area (TPSA) is 17.1 Å². The number of benzene rings is 1. The maximum Gasteiger partial charge on any atom is 0.146 e. The third-order valence-corrected chi connectivity index (χ3v) is 3.57. The largest absolute Gasteiger partial charge is 0.298 e. The molecule has 0 bridgehead atoms. The smallest absolute Gasteiger partial charge is 0.146 e.